The highest BCUT2D eigenvalue weighted by molar-refractivity contribution is 6.04. The van der Waals surface area contributed by atoms with Crippen LogP contribution in [0.4, 0.5) is 0 Å². The molecule has 0 radical (unpaired) electrons. The number of fused-ring (bicyclic) bond motifs is 1. The molecule has 0 saturated heterocycles. The molecule has 0 aromatic heterocycles. The van der Waals surface area contributed by atoms with Crippen LogP contribution in [0.15, 0.2) is 12.1 Å². The summed E-state index contributed by atoms with van der Waals surface area (Å²) < 4.78 is 4.96. The third-order valence-electron chi connectivity index (χ3n) is 2.59. The van der Waals surface area contributed by atoms with Gasteiger partial charge in [0.25, 0.3) is 0 Å². The molecule has 4 nitrogen and oxygen atoms in total. The summed E-state index contributed by atoms with van der Waals surface area (Å²) in [6, 6.07) is 3.07. The van der Waals surface area contributed by atoms with Crippen molar-refractivity contribution in [2.75, 3.05) is 7.11 Å². The van der Waals surface area contributed by atoms with Crippen molar-refractivity contribution in [3.8, 4) is 5.75 Å². The Morgan fingerprint density at radius 3 is 2.73 bits per heavy atom. The molecule has 0 bridgehead atoms. The van der Waals surface area contributed by atoms with Crippen LogP contribution in [0.3, 0.4) is 0 Å². The second kappa shape index (κ2) is 3.38. The normalized spacial score (nSPS) is 13.8. The lowest BCUT2D eigenvalue weighted by molar-refractivity contribution is 0.0695. The predicted molar refractivity (Wildman–Crippen MR) is 52.6 cm³/mol. The molecule has 4 heteroatoms. The lowest BCUT2D eigenvalue weighted by atomic mass is 10.0. The summed E-state index contributed by atoms with van der Waals surface area (Å²) in [6.07, 6.45) is 0.905. The minimum Gasteiger partial charge on any atom is -0.497 e. The van der Waals surface area contributed by atoms with Crippen molar-refractivity contribution in [3.05, 3.63) is 28.8 Å². The quantitative estimate of drug-likeness (QED) is 0.796. The lowest BCUT2D eigenvalue weighted by Gasteiger charge is -2.06. The largest absolute Gasteiger partial charge is 0.497 e. The van der Waals surface area contributed by atoms with Gasteiger partial charge in [-0.2, -0.15) is 0 Å². The molecule has 0 spiro atoms. The Balaban J connectivity index is 2.65. The fraction of sp³-hybridized carbons (Fsp3) is 0.273. The van der Waals surface area contributed by atoms with Gasteiger partial charge in [-0.25, -0.2) is 4.79 Å². The number of carbonyl (C=O) groups is 2. The summed E-state index contributed by atoms with van der Waals surface area (Å²) in [5.41, 5.74) is 1.30. The Bertz CT molecular complexity index is 448. The number of Topliss-reactive ketones (excluding diaryl/α,β-unsaturated/α-hetero) is 1. The number of methoxy groups -OCH3 is 1. The molecule has 1 aromatic rings. The molecule has 0 atom stereocenters. The Hall–Kier alpha value is -1.84. The van der Waals surface area contributed by atoms with Gasteiger partial charge in [-0.3, -0.25) is 4.79 Å². The van der Waals surface area contributed by atoms with Crippen molar-refractivity contribution in [1.29, 1.82) is 0 Å². The first-order chi connectivity index (χ1) is 7.13. The van der Waals surface area contributed by atoms with Crippen molar-refractivity contribution < 1.29 is 19.4 Å². The van der Waals surface area contributed by atoms with Crippen molar-refractivity contribution in [3.63, 3.8) is 0 Å². The lowest BCUT2D eigenvalue weighted by Crippen LogP contribution is -2.04. The van der Waals surface area contributed by atoms with E-state index in [1.807, 2.05) is 0 Å². The topological polar surface area (TPSA) is 63.6 Å². The first-order valence-corrected chi connectivity index (χ1v) is 4.61. The van der Waals surface area contributed by atoms with E-state index < -0.39 is 5.97 Å². The van der Waals surface area contributed by atoms with Gasteiger partial charge < -0.3 is 9.84 Å². The maximum atomic E-state index is 11.5. The van der Waals surface area contributed by atoms with Gasteiger partial charge in [0.15, 0.2) is 5.78 Å². The minimum atomic E-state index is -1.01. The first kappa shape index (κ1) is 9.71. The standard InChI is InChI=1S/C11H10O4/c1-15-6-4-8-7(2-3-10(8)12)9(5-6)11(13)14/h4-5H,2-3H2,1H3,(H,13,14). The number of benzene rings is 1. The van der Waals surface area contributed by atoms with Crippen molar-refractivity contribution in [2.24, 2.45) is 0 Å². The summed E-state index contributed by atoms with van der Waals surface area (Å²) in [6.45, 7) is 0. The van der Waals surface area contributed by atoms with E-state index in [1.165, 1.54) is 13.2 Å². The number of hydrogen-bond donors (Lipinski definition) is 1. The zero-order valence-electron chi connectivity index (χ0n) is 8.24. The zero-order valence-corrected chi connectivity index (χ0v) is 8.24. The molecule has 1 aliphatic rings. The van der Waals surface area contributed by atoms with E-state index in [0.717, 1.165) is 0 Å². The predicted octanol–water partition coefficient (Wildman–Crippen LogP) is 1.52. The van der Waals surface area contributed by atoms with Crippen molar-refractivity contribution in [2.45, 2.75) is 12.8 Å². The first-order valence-electron chi connectivity index (χ1n) is 4.61. The van der Waals surface area contributed by atoms with Crippen molar-refractivity contribution in [1.82, 2.24) is 0 Å². The molecular formula is C11H10O4. The van der Waals surface area contributed by atoms with E-state index in [-0.39, 0.29) is 11.3 Å². The Morgan fingerprint density at radius 1 is 1.40 bits per heavy atom. The molecule has 0 amide bonds. The van der Waals surface area contributed by atoms with Crippen LogP contribution in [-0.4, -0.2) is 24.0 Å². The van der Waals surface area contributed by atoms with Gasteiger partial charge in [0.1, 0.15) is 5.75 Å². The molecule has 1 N–H and O–H groups in total. The van der Waals surface area contributed by atoms with E-state index in [0.29, 0.717) is 29.7 Å². The van der Waals surface area contributed by atoms with E-state index in [4.69, 9.17) is 9.84 Å². The van der Waals surface area contributed by atoms with Gasteiger partial charge in [-0.1, -0.05) is 0 Å². The third kappa shape index (κ3) is 1.48. The monoisotopic (exact) mass is 206 g/mol. The van der Waals surface area contributed by atoms with Crippen LogP contribution in [0.2, 0.25) is 0 Å². The number of carboxylic acid groups (broad SMARTS) is 1. The van der Waals surface area contributed by atoms with E-state index in [2.05, 4.69) is 0 Å². The van der Waals surface area contributed by atoms with Gasteiger partial charge in [0, 0.05) is 12.0 Å². The molecule has 15 heavy (non-hydrogen) atoms. The Labute approximate surface area is 86.5 Å². The second-order valence-electron chi connectivity index (χ2n) is 3.43. The number of ether oxygens (including phenoxy) is 1. The second-order valence-corrected chi connectivity index (χ2v) is 3.43. The highest BCUT2D eigenvalue weighted by Gasteiger charge is 2.25. The number of carbonyl (C=O) groups excluding carboxylic acids is 1. The van der Waals surface area contributed by atoms with Crippen LogP contribution in [0.25, 0.3) is 0 Å². The number of ketones is 1. The Kier molecular flexibility index (Phi) is 2.19. The van der Waals surface area contributed by atoms with Crippen LogP contribution in [0, 0.1) is 0 Å². The van der Waals surface area contributed by atoms with Crippen LogP contribution < -0.4 is 4.74 Å². The van der Waals surface area contributed by atoms with Gasteiger partial charge in [-0.05, 0) is 24.1 Å². The zero-order chi connectivity index (χ0) is 11.0. The molecule has 1 aliphatic carbocycles. The summed E-state index contributed by atoms with van der Waals surface area (Å²) >= 11 is 0. The van der Waals surface area contributed by atoms with Gasteiger partial charge >= 0.3 is 5.97 Å². The van der Waals surface area contributed by atoms with Crippen molar-refractivity contribution >= 4 is 11.8 Å². The molecule has 1 aromatic carbocycles. The molecule has 78 valence electrons. The minimum absolute atomic E-state index is 0.00796. The number of rotatable bonds is 2. The highest BCUT2D eigenvalue weighted by Crippen LogP contribution is 2.29. The fourth-order valence-corrected chi connectivity index (χ4v) is 1.85. The van der Waals surface area contributed by atoms with Crippen LogP contribution in [-0.2, 0) is 6.42 Å². The summed E-state index contributed by atoms with van der Waals surface area (Å²) in [4.78, 5) is 22.4. The van der Waals surface area contributed by atoms with Crippen LogP contribution in [0.5, 0.6) is 5.75 Å². The average molecular weight is 206 g/mol. The third-order valence-corrected chi connectivity index (χ3v) is 2.59. The van der Waals surface area contributed by atoms with Crippen LogP contribution in [0.1, 0.15) is 32.7 Å². The maximum Gasteiger partial charge on any atom is 0.336 e. The average Bonchev–Trinajstić information content (AvgIpc) is 2.59. The summed E-state index contributed by atoms with van der Waals surface area (Å²) in [5, 5.41) is 8.99. The maximum absolute atomic E-state index is 11.5. The summed E-state index contributed by atoms with van der Waals surface area (Å²) in [5.74, 6) is -0.604. The molecule has 0 heterocycles. The molecule has 0 unspecified atom stereocenters. The smallest absolute Gasteiger partial charge is 0.336 e. The molecule has 0 saturated carbocycles. The van der Waals surface area contributed by atoms with Gasteiger partial charge in [0.2, 0.25) is 0 Å². The summed E-state index contributed by atoms with van der Waals surface area (Å²) in [7, 11) is 1.45. The number of carboxylic acids is 1. The van der Waals surface area contributed by atoms with Gasteiger partial charge in [0.05, 0.1) is 12.7 Å². The molecule has 2 rings (SSSR count). The van der Waals surface area contributed by atoms with E-state index >= 15 is 0 Å². The number of hydrogen-bond acceptors (Lipinski definition) is 3. The van der Waals surface area contributed by atoms with Crippen LogP contribution >= 0.6 is 0 Å². The SMILES string of the molecule is COc1cc(C(=O)O)c2c(c1)C(=O)CC2. The fourth-order valence-electron chi connectivity index (χ4n) is 1.85. The molecule has 0 aliphatic heterocycles. The number of aromatic carboxylic acids is 1. The molecular weight excluding hydrogens is 196 g/mol. The van der Waals surface area contributed by atoms with Gasteiger partial charge in [-0.15, -0.1) is 0 Å². The van der Waals surface area contributed by atoms with E-state index in [9.17, 15) is 9.59 Å². The highest BCUT2D eigenvalue weighted by atomic mass is 16.5. The Morgan fingerprint density at radius 2 is 2.13 bits per heavy atom. The van der Waals surface area contributed by atoms with E-state index in [1.54, 1.807) is 6.07 Å². The molecule has 0 fully saturated rings.